The van der Waals surface area contributed by atoms with Gasteiger partial charge in [-0.1, -0.05) is 66.2 Å². The predicted molar refractivity (Wildman–Crippen MR) is 129 cm³/mol. The summed E-state index contributed by atoms with van der Waals surface area (Å²) < 4.78 is 6.64. The summed E-state index contributed by atoms with van der Waals surface area (Å²) in [5.41, 5.74) is 2.03. The Morgan fingerprint density at radius 3 is 2.35 bits per heavy atom. The zero-order chi connectivity index (χ0) is 24.1. The number of aliphatic hydroxyl groups is 1. The minimum Gasteiger partial charge on any atom is -0.365 e. The molecule has 1 aliphatic heterocycles. The first kappa shape index (κ1) is 22.8. The summed E-state index contributed by atoms with van der Waals surface area (Å²) in [5.74, 6) is -1.65. The number of ketones is 1. The van der Waals surface area contributed by atoms with Crippen molar-refractivity contribution in [1.29, 1.82) is 0 Å². The third-order valence-electron chi connectivity index (χ3n) is 6.77. The number of hydrogen-bond acceptors (Lipinski definition) is 4. The molecule has 174 valence electrons. The summed E-state index contributed by atoms with van der Waals surface area (Å²) in [6.45, 7) is 3.43. The number of benzene rings is 3. The Kier molecular flexibility index (Phi) is 5.59. The highest BCUT2D eigenvalue weighted by Crippen LogP contribution is 2.51. The van der Waals surface area contributed by atoms with Crippen molar-refractivity contribution in [2.24, 2.45) is 5.92 Å². The fraction of sp³-hybridized carbons (Fsp3) is 0.286. The van der Waals surface area contributed by atoms with Gasteiger partial charge in [-0.25, -0.2) is 0 Å². The van der Waals surface area contributed by atoms with Crippen LogP contribution in [0.2, 0.25) is 5.02 Å². The molecule has 0 radical (unpaired) electrons. The molecular weight excluding hydrogens is 450 g/mol. The minimum absolute atomic E-state index is 0.00348. The SMILES string of the molecule is CC(=O)c1ccc(CN2C(=O)c3ccccc3C2(OC(C)(O)C2CC2)c2ccc(Cl)cc2)cc1. The lowest BCUT2D eigenvalue weighted by Crippen LogP contribution is -2.52. The molecule has 1 fully saturated rings. The molecule has 0 saturated heterocycles. The molecule has 1 heterocycles. The van der Waals surface area contributed by atoms with Gasteiger partial charge in [0.05, 0.1) is 0 Å². The van der Waals surface area contributed by atoms with Gasteiger partial charge in [-0.2, -0.15) is 0 Å². The summed E-state index contributed by atoms with van der Waals surface area (Å²) in [6, 6.07) is 21.8. The molecule has 2 aliphatic rings. The van der Waals surface area contributed by atoms with Crippen LogP contribution >= 0.6 is 11.6 Å². The molecule has 2 unspecified atom stereocenters. The molecule has 1 saturated carbocycles. The van der Waals surface area contributed by atoms with Crippen LogP contribution in [0.5, 0.6) is 0 Å². The lowest BCUT2D eigenvalue weighted by atomic mass is 9.92. The average molecular weight is 476 g/mol. The van der Waals surface area contributed by atoms with E-state index >= 15 is 0 Å². The first-order valence-corrected chi connectivity index (χ1v) is 11.8. The molecule has 3 aromatic carbocycles. The molecule has 1 aliphatic carbocycles. The topological polar surface area (TPSA) is 66.8 Å². The number of halogens is 1. The molecule has 0 spiro atoms. The first-order chi connectivity index (χ1) is 16.2. The van der Waals surface area contributed by atoms with E-state index in [-0.39, 0.29) is 24.2 Å². The van der Waals surface area contributed by atoms with Gasteiger partial charge < -0.3 is 9.84 Å². The van der Waals surface area contributed by atoms with Gasteiger partial charge in [-0.3, -0.25) is 14.5 Å². The second-order valence-corrected chi connectivity index (χ2v) is 9.71. The standard InChI is InChI=1S/C28H26ClNO4/c1-18(31)20-9-7-19(8-10-20)17-30-26(32)24-5-3-4-6-25(24)28(30,22-13-15-23(29)16-14-22)34-27(2,33)21-11-12-21/h3-10,13-16,21,33H,11-12,17H2,1-2H3. The summed E-state index contributed by atoms with van der Waals surface area (Å²) in [7, 11) is 0. The number of fused-ring (bicyclic) bond motifs is 1. The number of Topliss-reactive ketones (excluding diaryl/α,β-unsaturated/α-hetero) is 1. The van der Waals surface area contributed by atoms with Crippen LogP contribution < -0.4 is 0 Å². The van der Waals surface area contributed by atoms with Gasteiger partial charge in [0.15, 0.2) is 11.6 Å². The largest absolute Gasteiger partial charge is 0.365 e. The number of hydrogen-bond donors (Lipinski definition) is 1. The molecule has 5 nitrogen and oxygen atoms in total. The highest BCUT2D eigenvalue weighted by Gasteiger charge is 2.57. The van der Waals surface area contributed by atoms with Crippen LogP contribution in [0.25, 0.3) is 0 Å². The predicted octanol–water partition coefficient (Wildman–Crippen LogP) is 5.53. The van der Waals surface area contributed by atoms with Gasteiger partial charge in [0.25, 0.3) is 5.91 Å². The third-order valence-corrected chi connectivity index (χ3v) is 7.03. The summed E-state index contributed by atoms with van der Waals surface area (Å²) >= 11 is 6.19. The molecule has 6 heteroatoms. The zero-order valence-corrected chi connectivity index (χ0v) is 19.9. The minimum atomic E-state index is -1.44. The van der Waals surface area contributed by atoms with E-state index in [2.05, 4.69) is 0 Å². The molecule has 0 bridgehead atoms. The Bertz CT molecular complexity index is 1250. The van der Waals surface area contributed by atoms with Gasteiger partial charge in [0.1, 0.15) is 0 Å². The number of nitrogens with zero attached hydrogens (tertiary/aromatic N) is 1. The van der Waals surface area contributed by atoms with E-state index in [0.29, 0.717) is 27.3 Å². The smallest absolute Gasteiger partial charge is 0.257 e. The van der Waals surface area contributed by atoms with Crippen molar-refractivity contribution in [1.82, 2.24) is 4.90 Å². The van der Waals surface area contributed by atoms with Gasteiger partial charge in [0, 0.05) is 39.7 Å². The lowest BCUT2D eigenvalue weighted by Gasteiger charge is -2.44. The van der Waals surface area contributed by atoms with Gasteiger partial charge in [0.2, 0.25) is 5.72 Å². The molecule has 5 rings (SSSR count). The summed E-state index contributed by atoms with van der Waals surface area (Å²) in [4.78, 5) is 27.2. The van der Waals surface area contributed by atoms with Crippen molar-refractivity contribution in [2.75, 3.05) is 0 Å². The average Bonchev–Trinajstić information content (AvgIpc) is 3.65. The quantitative estimate of drug-likeness (QED) is 0.360. The number of ether oxygens (including phenoxy) is 1. The molecular formula is C28H26ClNO4. The molecule has 34 heavy (non-hydrogen) atoms. The van der Waals surface area contributed by atoms with Crippen molar-refractivity contribution in [3.8, 4) is 0 Å². The van der Waals surface area contributed by atoms with Crippen LogP contribution in [0.4, 0.5) is 0 Å². The fourth-order valence-electron chi connectivity index (χ4n) is 4.77. The van der Waals surface area contributed by atoms with Crippen molar-refractivity contribution in [3.05, 3.63) is 106 Å². The van der Waals surface area contributed by atoms with Gasteiger partial charge in [-0.05, 0) is 50.5 Å². The van der Waals surface area contributed by atoms with Crippen LogP contribution in [-0.2, 0) is 17.0 Å². The van der Waals surface area contributed by atoms with E-state index in [0.717, 1.165) is 18.4 Å². The molecule has 3 aromatic rings. The molecule has 2 atom stereocenters. The van der Waals surface area contributed by atoms with Gasteiger partial charge >= 0.3 is 0 Å². The van der Waals surface area contributed by atoms with Crippen LogP contribution in [-0.4, -0.2) is 27.5 Å². The van der Waals surface area contributed by atoms with E-state index < -0.39 is 11.5 Å². The Morgan fingerprint density at radius 1 is 1.09 bits per heavy atom. The molecule has 1 amide bonds. The Morgan fingerprint density at radius 2 is 1.74 bits per heavy atom. The van der Waals surface area contributed by atoms with Crippen LogP contribution in [0.1, 0.15) is 64.1 Å². The first-order valence-electron chi connectivity index (χ1n) is 11.4. The van der Waals surface area contributed by atoms with Crippen LogP contribution in [0.3, 0.4) is 0 Å². The Labute approximate surface area is 203 Å². The third kappa shape index (κ3) is 3.84. The molecule has 0 aromatic heterocycles. The highest BCUT2D eigenvalue weighted by molar-refractivity contribution is 6.30. The number of carbonyl (C=O) groups excluding carboxylic acids is 2. The maximum Gasteiger partial charge on any atom is 0.257 e. The second-order valence-electron chi connectivity index (χ2n) is 9.27. The van der Waals surface area contributed by atoms with Crippen molar-refractivity contribution >= 4 is 23.3 Å². The number of amides is 1. The van der Waals surface area contributed by atoms with Crippen molar-refractivity contribution in [3.63, 3.8) is 0 Å². The Hall–Kier alpha value is -2.99. The monoisotopic (exact) mass is 475 g/mol. The molecule has 1 N–H and O–H groups in total. The van der Waals surface area contributed by atoms with E-state index in [9.17, 15) is 14.7 Å². The van der Waals surface area contributed by atoms with E-state index in [1.54, 1.807) is 42.2 Å². The maximum absolute atomic E-state index is 13.8. The highest BCUT2D eigenvalue weighted by atomic mass is 35.5. The van der Waals surface area contributed by atoms with E-state index in [1.165, 1.54) is 6.92 Å². The van der Waals surface area contributed by atoms with E-state index in [1.807, 2.05) is 42.5 Å². The second kappa shape index (κ2) is 8.35. The van der Waals surface area contributed by atoms with E-state index in [4.69, 9.17) is 16.3 Å². The van der Waals surface area contributed by atoms with Crippen LogP contribution in [0.15, 0.2) is 72.8 Å². The van der Waals surface area contributed by atoms with Gasteiger partial charge in [-0.15, -0.1) is 0 Å². The van der Waals surface area contributed by atoms with Crippen molar-refractivity contribution < 1.29 is 19.4 Å². The summed E-state index contributed by atoms with van der Waals surface area (Å²) in [5, 5.41) is 11.9. The van der Waals surface area contributed by atoms with Crippen molar-refractivity contribution in [2.45, 2.75) is 44.7 Å². The fourth-order valence-corrected chi connectivity index (χ4v) is 4.89. The Balaban J connectivity index is 1.67. The number of rotatable bonds is 7. The van der Waals surface area contributed by atoms with Crippen LogP contribution in [0, 0.1) is 5.92 Å². The zero-order valence-electron chi connectivity index (χ0n) is 19.1. The maximum atomic E-state index is 13.8. The lowest BCUT2D eigenvalue weighted by molar-refractivity contribution is -0.290. The summed E-state index contributed by atoms with van der Waals surface area (Å²) in [6.07, 6.45) is 1.73. The number of carbonyl (C=O) groups is 2. The normalized spacial score (nSPS) is 21.3.